The van der Waals surface area contributed by atoms with Crippen LogP contribution in [0.4, 0.5) is 21.3 Å². The Hall–Kier alpha value is -3.41. The third-order valence-electron chi connectivity index (χ3n) is 6.75. The fourth-order valence-electron chi connectivity index (χ4n) is 4.86. The van der Waals surface area contributed by atoms with E-state index in [4.69, 9.17) is 21.6 Å². The van der Waals surface area contributed by atoms with Crippen molar-refractivity contribution in [2.75, 3.05) is 42.5 Å². The minimum atomic E-state index is -0.883. The summed E-state index contributed by atoms with van der Waals surface area (Å²) in [6.45, 7) is 9.74. The Morgan fingerprint density at radius 1 is 1.19 bits per heavy atom. The zero-order valence-electron chi connectivity index (χ0n) is 21.9. The van der Waals surface area contributed by atoms with Gasteiger partial charge in [0.1, 0.15) is 16.4 Å². The summed E-state index contributed by atoms with van der Waals surface area (Å²) < 4.78 is 5.51. The molecule has 0 aromatic carbocycles. The molecule has 1 aliphatic carbocycles. The van der Waals surface area contributed by atoms with Gasteiger partial charge in [-0.05, 0) is 59.4 Å². The second kappa shape index (κ2) is 10.2. The van der Waals surface area contributed by atoms with Gasteiger partial charge in [-0.3, -0.25) is 10.2 Å². The van der Waals surface area contributed by atoms with Crippen molar-refractivity contribution in [2.45, 2.75) is 64.4 Å². The molecule has 0 unspecified atom stereocenters. The first-order chi connectivity index (χ1) is 17.4. The minimum absolute atomic E-state index is 0.122. The van der Waals surface area contributed by atoms with Crippen molar-refractivity contribution in [3.05, 3.63) is 28.5 Å². The van der Waals surface area contributed by atoms with Gasteiger partial charge in [0.25, 0.3) is 0 Å². The zero-order chi connectivity index (χ0) is 27.0. The average Bonchev–Trinajstić information content (AvgIpc) is 3.00. The maximum Gasteiger partial charge on any atom is 0.410 e. The van der Waals surface area contributed by atoms with Crippen LogP contribution in [0, 0.1) is 5.41 Å². The number of fused-ring (bicyclic) bond motifs is 1. The molecule has 12 heteroatoms. The topological polar surface area (TPSA) is 164 Å². The first kappa shape index (κ1) is 26.6. The molecule has 0 bridgehead atoms. The van der Waals surface area contributed by atoms with Crippen LogP contribution >= 0.6 is 11.3 Å². The quantitative estimate of drug-likeness (QED) is 0.349. The maximum atomic E-state index is 13.4. The summed E-state index contributed by atoms with van der Waals surface area (Å²) in [5.41, 5.74) is 12.1. The van der Waals surface area contributed by atoms with E-state index >= 15 is 0 Å². The lowest BCUT2D eigenvalue weighted by Gasteiger charge is -2.33. The van der Waals surface area contributed by atoms with Crippen molar-refractivity contribution in [3.8, 4) is 0 Å². The number of nitrogens with one attached hydrogen (secondary N) is 2. The molecule has 1 atom stereocenters. The summed E-state index contributed by atoms with van der Waals surface area (Å²) in [6, 6.07) is 1.77. The molecule has 2 amide bonds. The fraction of sp³-hybridized carbons (Fsp3) is 0.560. The highest BCUT2D eigenvalue weighted by molar-refractivity contribution is 7.16. The molecule has 0 spiro atoms. The highest BCUT2D eigenvalue weighted by Gasteiger charge is 2.43. The Labute approximate surface area is 221 Å². The van der Waals surface area contributed by atoms with Crippen molar-refractivity contribution in [2.24, 2.45) is 0 Å². The van der Waals surface area contributed by atoms with Crippen molar-refractivity contribution >= 4 is 45.7 Å². The van der Waals surface area contributed by atoms with Crippen LogP contribution in [-0.2, 0) is 21.4 Å². The van der Waals surface area contributed by atoms with Gasteiger partial charge in [0, 0.05) is 42.8 Å². The first-order valence-corrected chi connectivity index (χ1v) is 13.3. The predicted octanol–water partition coefficient (Wildman–Crippen LogP) is 2.89. The van der Waals surface area contributed by atoms with E-state index in [1.807, 2.05) is 32.6 Å². The summed E-state index contributed by atoms with van der Waals surface area (Å²) in [7, 11) is 0. The highest BCUT2D eigenvalue weighted by atomic mass is 32.1. The summed E-state index contributed by atoms with van der Waals surface area (Å²) in [6.07, 6.45) is 4.29. The normalized spacial score (nSPS) is 20.1. The number of hydrogen-bond donors (Lipinski definition) is 4. The van der Waals surface area contributed by atoms with Crippen molar-refractivity contribution in [3.63, 3.8) is 0 Å². The fourth-order valence-corrected chi connectivity index (χ4v) is 6.02. The van der Waals surface area contributed by atoms with Crippen LogP contribution in [0.2, 0.25) is 0 Å². The summed E-state index contributed by atoms with van der Waals surface area (Å²) in [5.74, 6) is 0.263. The van der Waals surface area contributed by atoms with Crippen molar-refractivity contribution in [1.82, 2.24) is 20.2 Å². The maximum absolute atomic E-state index is 13.4. The van der Waals surface area contributed by atoms with E-state index in [2.05, 4.69) is 15.3 Å². The van der Waals surface area contributed by atoms with E-state index in [1.54, 1.807) is 17.2 Å². The third kappa shape index (κ3) is 5.63. The van der Waals surface area contributed by atoms with Crippen molar-refractivity contribution in [1.29, 1.82) is 5.41 Å². The van der Waals surface area contributed by atoms with Gasteiger partial charge in [-0.2, -0.15) is 0 Å². The highest BCUT2D eigenvalue weighted by Crippen LogP contribution is 2.47. The average molecular weight is 529 g/mol. The number of carbonyl (C=O) groups is 2. The number of aryl methyl sites for hydroxylation is 1. The van der Waals surface area contributed by atoms with Crippen LogP contribution in [0.25, 0.3) is 0 Å². The van der Waals surface area contributed by atoms with Crippen LogP contribution in [0.15, 0.2) is 12.3 Å². The standard InChI is InChI=1S/C25H36N8O3S/c1-24(2,3)36-23(35)33-12-6-11-32(13-14-33)16-8-10-29-21(30-16)19(27)31-22(34)25(4)9-5-7-15-17(25)18(26)20(28)37-15/h8,10H,5-7,9,11-14,26,28H2,1-4H3,(H2,27,31,34)/t25-/m0/s1. The Morgan fingerprint density at radius 3 is 2.68 bits per heavy atom. The van der Waals surface area contributed by atoms with E-state index < -0.39 is 11.0 Å². The predicted molar refractivity (Wildman–Crippen MR) is 145 cm³/mol. The number of rotatable bonds is 3. The number of ether oxygens (including phenoxy) is 1. The van der Waals surface area contributed by atoms with Crippen LogP contribution in [0.5, 0.6) is 0 Å². The monoisotopic (exact) mass is 528 g/mol. The molecule has 200 valence electrons. The van der Waals surface area contributed by atoms with Gasteiger partial charge in [-0.15, -0.1) is 11.3 Å². The Kier molecular flexibility index (Phi) is 7.31. The molecule has 37 heavy (non-hydrogen) atoms. The Bertz CT molecular complexity index is 1210. The molecule has 4 rings (SSSR count). The molecular formula is C25H36N8O3S. The molecule has 2 aliphatic rings. The van der Waals surface area contributed by atoms with Crippen LogP contribution in [-0.4, -0.2) is 64.5 Å². The number of nitrogens with two attached hydrogens (primary N) is 2. The molecular weight excluding hydrogens is 492 g/mol. The first-order valence-electron chi connectivity index (χ1n) is 12.5. The smallest absolute Gasteiger partial charge is 0.410 e. The number of nitrogens with zero attached hydrogens (tertiary/aromatic N) is 4. The molecule has 3 heterocycles. The second-order valence-corrected chi connectivity index (χ2v) is 11.9. The SMILES string of the molecule is CC(C)(C)OC(=O)N1CCCN(c2ccnc(C(=N)NC(=O)[C@@]3(C)CCCc4sc(N)c(N)c43)n2)CC1. The molecule has 2 aromatic rings. The van der Waals surface area contributed by atoms with Gasteiger partial charge in [0.05, 0.1) is 11.1 Å². The molecule has 0 saturated carbocycles. The van der Waals surface area contributed by atoms with E-state index in [-0.39, 0.29) is 23.7 Å². The van der Waals surface area contributed by atoms with E-state index in [0.717, 1.165) is 29.7 Å². The van der Waals surface area contributed by atoms with E-state index in [1.165, 1.54) is 11.3 Å². The van der Waals surface area contributed by atoms with Crippen LogP contribution < -0.4 is 21.7 Å². The molecule has 0 radical (unpaired) electrons. The largest absolute Gasteiger partial charge is 0.444 e. The lowest BCUT2D eigenvalue weighted by Crippen LogP contribution is -2.47. The zero-order valence-corrected chi connectivity index (χ0v) is 22.7. The Balaban J connectivity index is 1.44. The number of thiophene rings is 1. The molecule has 6 N–H and O–H groups in total. The molecule has 1 saturated heterocycles. The second-order valence-electron chi connectivity index (χ2n) is 10.7. The Morgan fingerprint density at radius 2 is 1.95 bits per heavy atom. The van der Waals surface area contributed by atoms with E-state index in [9.17, 15) is 9.59 Å². The molecule has 1 aliphatic heterocycles. The molecule has 11 nitrogen and oxygen atoms in total. The van der Waals surface area contributed by atoms with E-state index in [0.29, 0.717) is 49.1 Å². The number of amides is 2. The van der Waals surface area contributed by atoms with Gasteiger partial charge in [0.2, 0.25) is 5.91 Å². The van der Waals surface area contributed by atoms with Gasteiger partial charge >= 0.3 is 6.09 Å². The summed E-state index contributed by atoms with van der Waals surface area (Å²) in [4.78, 5) is 39.5. The lowest BCUT2D eigenvalue weighted by atomic mass is 9.72. The number of aromatic nitrogens is 2. The number of anilines is 3. The number of carbonyl (C=O) groups excluding carboxylic acids is 2. The lowest BCUT2D eigenvalue weighted by molar-refractivity contribution is -0.125. The van der Waals surface area contributed by atoms with Gasteiger partial charge in [0.15, 0.2) is 11.7 Å². The number of hydrogen-bond acceptors (Lipinski definition) is 10. The van der Waals surface area contributed by atoms with Crippen LogP contribution in [0.1, 0.15) is 63.2 Å². The minimum Gasteiger partial charge on any atom is -0.444 e. The van der Waals surface area contributed by atoms with Gasteiger partial charge < -0.3 is 31.3 Å². The third-order valence-corrected chi connectivity index (χ3v) is 7.85. The van der Waals surface area contributed by atoms with Gasteiger partial charge in [-0.1, -0.05) is 0 Å². The summed E-state index contributed by atoms with van der Waals surface area (Å²) >= 11 is 1.43. The van der Waals surface area contributed by atoms with Crippen molar-refractivity contribution < 1.29 is 14.3 Å². The number of amidine groups is 1. The molecule has 2 aromatic heterocycles. The summed E-state index contributed by atoms with van der Waals surface area (Å²) in [5, 5.41) is 11.8. The number of nitrogen functional groups attached to an aromatic ring is 2. The molecule has 1 fully saturated rings. The van der Waals surface area contributed by atoms with Gasteiger partial charge in [-0.25, -0.2) is 14.8 Å². The van der Waals surface area contributed by atoms with Crippen LogP contribution in [0.3, 0.4) is 0 Å².